The molecule has 6 nitrogen and oxygen atoms in total. The first-order chi connectivity index (χ1) is 14.6. The summed E-state index contributed by atoms with van der Waals surface area (Å²) < 4.78 is 0. The summed E-state index contributed by atoms with van der Waals surface area (Å²) in [5.41, 5.74) is 1.54. The minimum atomic E-state index is -0.147. The maximum Gasteiger partial charge on any atom is 0.315 e. The van der Waals surface area contributed by atoms with Gasteiger partial charge in [-0.25, -0.2) is 4.79 Å². The number of nitrogens with one attached hydrogen (secondary N) is 2. The van der Waals surface area contributed by atoms with Crippen LogP contribution < -0.4 is 10.6 Å². The van der Waals surface area contributed by atoms with Gasteiger partial charge in [-0.15, -0.1) is 0 Å². The summed E-state index contributed by atoms with van der Waals surface area (Å²) in [4.78, 5) is 30.4. The molecule has 30 heavy (non-hydrogen) atoms. The lowest BCUT2D eigenvalue weighted by Gasteiger charge is -2.31. The van der Waals surface area contributed by atoms with Crippen LogP contribution in [-0.2, 0) is 6.54 Å². The zero-order valence-corrected chi connectivity index (χ0v) is 17.9. The van der Waals surface area contributed by atoms with Gasteiger partial charge < -0.3 is 15.5 Å². The summed E-state index contributed by atoms with van der Waals surface area (Å²) in [7, 11) is 0. The van der Waals surface area contributed by atoms with Crippen molar-refractivity contribution in [3.05, 3.63) is 64.9 Å². The Morgan fingerprint density at radius 1 is 1.03 bits per heavy atom. The Hall–Kier alpha value is -2.60. The molecule has 0 spiro atoms. The van der Waals surface area contributed by atoms with Crippen LogP contribution in [0.15, 0.2) is 48.7 Å². The molecular weight excluding hydrogens is 400 g/mol. The van der Waals surface area contributed by atoms with Crippen LogP contribution in [0.1, 0.15) is 48.2 Å². The van der Waals surface area contributed by atoms with Crippen molar-refractivity contribution < 1.29 is 9.59 Å². The van der Waals surface area contributed by atoms with E-state index in [0.717, 1.165) is 50.8 Å². The third kappa shape index (κ3) is 7.02. The topological polar surface area (TPSA) is 74.3 Å². The van der Waals surface area contributed by atoms with Gasteiger partial charge in [-0.2, -0.15) is 0 Å². The number of aromatic nitrogens is 1. The highest BCUT2D eigenvalue weighted by Gasteiger charge is 2.23. The largest absolute Gasteiger partial charge is 0.338 e. The van der Waals surface area contributed by atoms with Gasteiger partial charge in [-0.1, -0.05) is 42.6 Å². The van der Waals surface area contributed by atoms with Crippen molar-refractivity contribution >= 4 is 23.5 Å². The van der Waals surface area contributed by atoms with Crippen molar-refractivity contribution in [1.82, 2.24) is 20.5 Å². The van der Waals surface area contributed by atoms with Crippen molar-refractivity contribution in [1.29, 1.82) is 0 Å². The molecule has 2 heterocycles. The average molecular weight is 429 g/mol. The number of likely N-dealkylation sites (tertiary alicyclic amines) is 1. The normalized spacial score (nSPS) is 14.4. The van der Waals surface area contributed by atoms with Crippen LogP contribution in [0, 0.1) is 5.92 Å². The lowest BCUT2D eigenvalue weighted by Crippen LogP contribution is -2.38. The van der Waals surface area contributed by atoms with E-state index in [1.807, 2.05) is 41.3 Å². The fraction of sp³-hybridized carbons (Fsp3) is 0.435. The molecular formula is C23H29ClN4O2. The van der Waals surface area contributed by atoms with Gasteiger partial charge in [0.15, 0.2) is 0 Å². The highest BCUT2D eigenvalue weighted by molar-refractivity contribution is 6.30. The molecule has 0 atom stereocenters. The molecule has 1 saturated heterocycles. The molecule has 1 aliphatic rings. The van der Waals surface area contributed by atoms with Crippen molar-refractivity contribution in [2.45, 2.75) is 38.6 Å². The van der Waals surface area contributed by atoms with Gasteiger partial charge in [0.2, 0.25) is 0 Å². The molecule has 7 heteroatoms. The van der Waals surface area contributed by atoms with Gasteiger partial charge >= 0.3 is 6.03 Å². The molecule has 1 aromatic carbocycles. The molecule has 3 rings (SSSR count). The number of pyridine rings is 1. The van der Waals surface area contributed by atoms with E-state index in [1.54, 1.807) is 12.3 Å². The summed E-state index contributed by atoms with van der Waals surface area (Å²) in [5.74, 6) is 0.680. The van der Waals surface area contributed by atoms with Crippen molar-refractivity contribution in [3.63, 3.8) is 0 Å². The number of halogens is 1. The maximum atomic E-state index is 12.4. The number of benzene rings is 1. The Balaban J connectivity index is 1.24. The van der Waals surface area contributed by atoms with Crippen LogP contribution in [0.3, 0.4) is 0 Å². The zero-order valence-electron chi connectivity index (χ0n) is 17.1. The molecule has 2 aromatic rings. The smallest absolute Gasteiger partial charge is 0.315 e. The molecule has 0 aliphatic carbocycles. The maximum absolute atomic E-state index is 12.4. The van der Waals surface area contributed by atoms with Crippen molar-refractivity contribution in [2.75, 3.05) is 19.6 Å². The molecule has 0 saturated carbocycles. The van der Waals surface area contributed by atoms with E-state index in [0.29, 0.717) is 29.7 Å². The molecule has 0 radical (unpaired) electrons. The number of nitrogens with zero attached hydrogens (tertiary/aromatic N) is 2. The summed E-state index contributed by atoms with van der Waals surface area (Å²) in [6.07, 6.45) is 6.91. The minimum absolute atomic E-state index is 0.0304. The predicted molar refractivity (Wildman–Crippen MR) is 118 cm³/mol. The number of hydrogen-bond acceptors (Lipinski definition) is 3. The highest BCUT2D eigenvalue weighted by Crippen LogP contribution is 2.23. The number of piperidine rings is 1. The lowest BCUT2D eigenvalue weighted by atomic mass is 9.91. The Morgan fingerprint density at radius 2 is 1.80 bits per heavy atom. The molecule has 0 unspecified atom stereocenters. The standard InChI is InChI=1S/C23H29ClN4O2/c24-20-9-7-19(8-10-20)17-27-23(30)26-14-3-1-5-18-11-15-28(16-12-18)22(29)21-6-2-4-13-25-21/h2,4,6-10,13,18H,1,3,5,11-12,14-17H2,(H2,26,27,30). The van der Waals surface area contributed by atoms with E-state index in [1.165, 1.54) is 0 Å². The van der Waals surface area contributed by atoms with Crippen molar-refractivity contribution in [2.24, 2.45) is 5.92 Å². The minimum Gasteiger partial charge on any atom is -0.338 e. The van der Waals surface area contributed by atoms with Crippen LogP contribution >= 0.6 is 11.6 Å². The second-order valence-electron chi connectivity index (χ2n) is 7.68. The van der Waals surface area contributed by atoms with Gasteiger partial charge in [0.25, 0.3) is 5.91 Å². The predicted octanol–water partition coefficient (Wildman–Crippen LogP) is 4.26. The summed E-state index contributed by atoms with van der Waals surface area (Å²) in [5, 5.41) is 6.45. The monoisotopic (exact) mass is 428 g/mol. The van der Waals surface area contributed by atoms with Crippen LogP contribution in [0.25, 0.3) is 0 Å². The Morgan fingerprint density at radius 3 is 2.50 bits per heavy atom. The van der Waals surface area contributed by atoms with E-state index in [4.69, 9.17) is 11.6 Å². The number of urea groups is 1. The molecule has 2 N–H and O–H groups in total. The Kier molecular flexibility index (Phi) is 8.51. The third-order valence-corrected chi connectivity index (χ3v) is 5.73. The quantitative estimate of drug-likeness (QED) is 0.617. The van der Waals surface area contributed by atoms with Gasteiger partial charge in [0.1, 0.15) is 5.69 Å². The molecule has 1 fully saturated rings. The van der Waals surface area contributed by atoms with Gasteiger partial charge in [0, 0.05) is 37.4 Å². The Labute approximate surface area is 183 Å². The highest BCUT2D eigenvalue weighted by atomic mass is 35.5. The number of rotatable bonds is 8. The lowest BCUT2D eigenvalue weighted by molar-refractivity contribution is 0.0680. The molecule has 3 amide bonds. The summed E-state index contributed by atoms with van der Waals surface area (Å²) >= 11 is 5.86. The van der Waals surface area contributed by atoms with Crippen LogP contribution in [-0.4, -0.2) is 41.5 Å². The molecule has 160 valence electrons. The summed E-state index contributed by atoms with van der Waals surface area (Å²) in [6, 6.07) is 12.7. The fourth-order valence-electron chi connectivity index (χ4n) is 3.68. The SMILES string of the molecule is O=C(NCCCCC1CCN(C(=O)c2ccccn2)CC1)NCc1ccc(Cl)cc1. The number of amides is 3. The zero-order chi connectivity index (χ0) is 21.2. The van der Waals surface area contributed by atoms with Crippen LogP contribution in [0.5, 0.6) is 0 Å². The molecule has 0 bridgehead atoms. The van der Waals surface area contributed by atoms with Gasteiger partial charge in [-0.05, 0) is 55.0 Å². The first kappa shape index (κ1) is 22.1. The van der Waals surface area contributed by atoms with Crippen LogP contribution in [0.4, 0.5) is 4.79 Å². The van der Waals surface area contributed by atoms with Gasteiger partial charge in [0.05, 0.1) is 0 Å². The second kappa shape index (κ2) is 11.6. The van der Waals surface area contributed by atoms with E-state index in [9.17, 15) is 9.59 Å². The summed E-state index contributed by atoms with van der Waals surface area (Å²) in [6.45, 7) is 2.75. The van der Waals surface area contributed by atoms with E-state index < -0.39 is 0 Å². The third-order valence-electron chi connectivity index (χ3n) is 5.48. The Bertz CT molecular complexity index is 806. The number of hydrogen-bond donors (Lipinski definition) is 2. The van der Waals surface area contributed by atoms with E-state index in [-0.39, 0.29) is 11.9 Å². The van der Waals surface area contributed by atoms with Gasteiger partial charge in [-0.3, -0.25) is 9.78 Å². The first-order valence-electron chi connectivity index (χ1n) is 10.6. The first-order valence-corrected chi connectivity index (χ1v) is 11.0. The fourth-order valence-corrected chi connectivity index (χ4v) is 3.81. The molecule has 1 aliphatic heterocycles. The van der Waals surface area contributed by atoms with Crippen LogP contribution in [0.2, 0.25) is 5.02 Å². The van der Waals surface area contributed by atoms with Crippen molar-refractivity contribution in [3.8, 4) is 0 Å². The van der Waals surface area contributed by atoms with E-state index >= 15 is 0 Å². The number of carbonyl (C=O) groups excluding carboxylic acids is 2. The molecule has 1 aromatic heterocycles. The second-order valence-corrected chi connectivity index (χ2v) is 8.12. The number of unbranched alkanes of at least 4 members (excludes halogenated alkanes) is 1. The number of carbonyl (C=O) groups is 2. The van der Waals surface area contributed by atoms with E-state index in [2.05, 4.69) is 15.6 Å². The average Bonchev–Trinajstić information content (AvgIpc) is 2.79.